The van der Waals surface area contributed by atoms with Gasteiger partial charge < -0.3 is 0 Å². The van der Waals surface area contributed by atoms with Gasteiger partial charge >= 0.3 is 0 Å². The Kier molecular flexibility index (Phi) is 2.29. The lowest BCUT2D eigenvalue weighted by Crippen LogP contribution is -2.19. The highest BCUT2D eigenvalue weighted by molar-refractivity contribution is 4.95. The van der Waals surface area contributed by atoms with Gasteiger partial charge in [0.2, 0.25) is 0 Å². The van der Waals surface area contributed by atoms with Crippen molar-refractivity contribution in [3.8, 4) is 0 Å². The Hall–Kier alpha value is -0.930. The molecule has 2 unspecified atom stereocenters. The van der Waals surface area contributed by atoms with Crippen LogP contribution in [0.4, 0.5) is 0 Å². The second kappa shape index (κ2) is 3.44. The Labute approximate surface area is 78.1 Å². The van der Waals surface area contributed by atoms with E-state index in [1.807, 2.05) is 0 Å². The second-order valence-corrected chi connectivity index (χ2v) is 4.38. The first-order chi connectivity index (χ1) is 6.25. The van der Waals surface area contributed by atoms with Gasteiger partial charge in [-0.15, -0.1) is 10.2 Å². The minimum Gasteiger partial charge on any atom is -0.177 e. The van der Waals surface area contributed by atoms with E-state index in [4.69, 9.17) is 0 Å². The molecule has 13 heavy (non-hydrogen) atoms. The van der Waals surface area contributed by atoms with Crippen molar-refractivity contribution in [3.05, 3.63) is 5.82 Å². The average molecular weight is 180 g/mol. The van der Waals surface area contributed by atoms with Crippen molar-refractivity contribution in [2.24, 2.45) is 11.8 Å². The van der Waals surface area contributed by atoms with Crippen LogP contribution in [0.15, 0.2) is 0 Å². The molecule has 1 N–H and O–H groups in total. The largest absolute Gasteiger partial charge is 0.177 e. The highest BCUT2D eigenvalue weighted by Crippen LogP contribution is 2.37. The molecule has 2 atom stereocenters. The van der Waals surface area contributed by atoms with Gasteiger partial charge in [-0.05, 0) is 31.1 Å². The molecular weight excluding hydrogens is 164 g/mol. The maximum absolute atomic E-state index is 4.06. The van der Waals surface area contributed by atoms with E-state index in [1.54, 1.807) is 0 Å². The third kappa shape index (κ3) is 1.87. The maximum atomic E-state index is 4.06. The third-order valence-corrected chi connectivity index (χ3v) is 2.91. The van der Waals surface area contributed by atoms with Gasteiger partial charge in [0.1, 0.15) is 0 Å². The molecule has 1 aromatic rings. The van der Waals surface area contributed by atoms with Crippen LogP contribution in [-0.2, 0) is 0 Å². The van der Waals surface area contributed by atoms with E-state index in [-0.39, 0.29) is 0 Å². The zero-order chi connectivity index (χ0) is 9.26. The molecule has 1 fully saturated rings. The number of hydrogen-bond acceptors (Lipinski definition) is 3. The van der Waals surface area contributed by atoms with E-state index in [0.717, 1.165) is 17.7 Å². The van der Waals surface area contributed by atoms with Gasteiger partial charge in [-0.25, -0.2) is 0 Å². The Morgan fingerprint density at radius 3 is 2.38 bits per heavy atom. The van der Waals surface area contributed by atoms with Crippen LogP contribution in [0.3, 0.4) is 0 Å². The second-order valence-electron chi connectivity index (χ2n) is 4.38. The fourth-order valence-corrected chi connectivity index (χ4v) is 2.50. The van der Waals surface area contributed by atoms with Crippen molar-refractivity contribution in [1.82, 2.24) is 20.6 Å². The highest BCUT2D eigenvalue weighted by Gasteiger charge is 2.27. The molecule has 0 spiro atoms. The molecule has 1 saturated carbocycles. The van der Waals surface area contributed by atoms with Gasteiger partial charge in [-0.3, -0.25) is 0 Å². The predicted molar refractivity (Wildman–Crippen MR) is 49.1 cm³/mol. The number of nitrogens with one attached hydrogen (secondary N) is 1. The Morgan fingerprint density at radius 1 is 1.15 bits per heavy atom. The molecule has 0 aromatic carbocycles. The molecule has 0 amide bonds. The standard InChI is InChI=1S/C9H16N4/c1-6-3-7(2)5-8(4-6)9-10-12-13-11-9/h6-8H,3-5H2,1-2H3,(H,10,11,12,13). The minimum atomic E-state index is 0.525. The van der Waals surface area contributed by atoms with Gasteiger partial charge in [0, 0.05) is 5.92 Å². The van der Waals surface area contributed by atoms with Crippen molar-refractivity contribution >= 4 is 0 Å². The van der Waals surface area contributed by atoms with E-state index < -0.39 is 0 Å². The molecular formula is C9H16N4. The molecule has 2 rings (SSSR count). The van der Waals surface area contributed by atoms with Crippen LogP contribution < -0.4 is 0 Å². The first-order valence-electron chi connectivity index (χ1n) is 4.99. The van der Waals surface area contributed by atoms with E-state index in [1.165, 1.54) is 19.3 Å². The first-order valence-corrected chi connectivity index (χ1v) is 4.99. The summed E-state index contributed by atoms with van der Waals surface area (Å²) in [7, 11) is 0. The van der Waals surface area contributed by atoms with E-state index >= 15 is 0 Å². The van der Waals surface area contributed by atoms with Gasteiger partial charge in [0.05, 0.1) is 0 Å². The van der Waals surface area contributed by atoms with Crippen LogP contribution in [-0.4, -0.2) is 20.6 Å². The number of H-pyrrole nitrogens is 1. The molecule has 1 aliphatic rings. The van der Waals surface area contributed by atoms with Crippen molar-refractivity contribution in [2.75, 3.05) is 0 Å². The molecule has 1 heterocycles. The number of tetrazole rings is 1. The van der Waals surface area contributed by atoms with Crippen LogP contribution in [0.1, 0.15) is 44.9 Å². The molecule has 72 valence electrons. The Balaban J connectivity index is 2.07. The summed E-state index contributed by atoms with van der Waals surface area (Å²) in [6.45, 7) is 4.62. The van der Waals surface area contributed by atoms with Crippen LogP contribution in [0.25, 0.3) is 0 Å². The van der Waals surface area contributed by atoms with E-state index in [0.29, 0.717) is 5.92 Å². The lowest BCUT2D eigenvalue weighted by molar-refractivity contribution is 0.262. The average Bonchev–Trinajstić information content (AvgIpc) is 2.53. The third-order valence-electron chi connectivity index (χ3n) is 2.91. The quantitative estimate of drug-likeness (QED) is 0.716. The molecule has 0 radical (unpaired) electrons. The minimum absolute atomic E-state index is 0.525. The number of aromatic nitrogens is 4. The Morgan fingerprint density at radius 2 is 1.85 bits per heavy atom. The highest BCUT2D eigenvalue weighted by atomic mass is 15.5. The molecule has 0 bridgehead atoms. The van der Waals surface area contributed by atoms with Crippen molar-refractivity contribution in [1.29, 1.82) is 0 Å². The fraction of sp³-hybridized carbons (Fsp3) is 0.889. The van der Waals surface area contributed by atoms with Crippen molar-refractivity contribution < 1.29 is 0 Å². The summed E-state index contributed by atoms with van der Waals surface area (Å²) in [4.78, 5) is 0. The van der Waals surface area contributed by atoms with Gasteiger partial charge in [-0.2, -0.15) is 5.21 Å². The molecule has 1 aromatic heterocycles. The zero-order valence-electron chi connectivity index (χ0n) is 8.20. The van der Waals surface area contributed by atoms with Crippen LogP contribution >= 0.6 is 0 Å². The summed E-state index contributed by atoms with van der Waals surface area (Å²) in [6, 6.07) is 0. The predicted octanol–water partition coefficient (Wildman–Crippen LogP) is 1.74. The summed E-state index contributed by atoms with van der Waals surface area (Å²) in [5.41, 5.74) is 0. The monoisotopic (exact) mass is 180 g/mol. The maximum Gasteiger partial charge on any atom is 0.177 e. The molecule has 1 aliphatic carbocycles. The zero-order valence-corrected chi connectivity index (χ0v) is 8.20. The topological polar surface area (TPSA) is 54.5 Å². The number of nitrogens with zero attached hydrogens (tertiary/aromatic N) is 3. The van der Waals surface area contributed by atoms with E-state index in [2.05, 4.69) is 34.5 Å². The van der Waals surface area contributed by atoms with Crippen LogP contribution in [0.5, 0.6) is 0 Å². The van der Waals surface area contributed by atoms with Crippen molar-refractivity contribution in [2.45, 2.75) is 39.0 Å². The first kappa shape index (κ1) is 8.66. The molecule has 0 saturated heterocycles. The number of hydrogen-bond donors (Lipinski definition) is 1. The van der Waals surface area contributed by atoms with Crippen molar-refractivity contribution in [3.63, 3.8) is 0 Å². The summed E-state index contributed by atoms with van der Waals surface area (Å²) in [5.74, 6) is 3.02. The van der Waals surface area contributed by atoms with Gasteiger partial charge in [0.25, 0.3) is 0 Å². The van der Waals surface area contributed by atoms with E-state index in [9.17, 15) is 0 Å². The SMILES string of the molecule is CC1CC(C)CC(c2nn[nH]n2)C1. The normalized spacial score (nSPS) is 34.8. The fourth-order valence-electron chi connectivity index (χ4n) is 2.50. The molecule has 0 aliphatic heterocycles. The lowest BCUT2D eigenvalue weighted by atomic mass is 9.76. The van der Waals surface area contributed by atoms with Gasteiger partial charge in [-0.1, -0.05) is 19.1 Å². The summed E-state index contributed by atoms with van der Waals surface area (Å²) in [6.07, 6.45) is 3.77. The number of rotatable bonds is 1. The summed E-state index contributed by atoms with van der Waals surface area (Å²) in [5, 5.41) is 14.3. The molecule has 4 heteroatoms. The van der Waals surface area contributed by atoms with Crippen LogP contribution in [0.2, 0.25) is 0 Å². The Bertz CT molecular complexity index is 247. The summed E-state index contributed by atoms with van der Waals surface area (Å²) >= 11 is 0. The van der Waals surface area contributed by atoms with Gasteiger partial charge in [0.15, 0.2) is 5.82 Å². The summed E-state index contributed by atoms with van der Waals surface area (Å²) < 4.78 is 0. The lowest BCUT2D eigenvalue weighted by Gasteiger charge is -2.29. The number of aromatic amines is 1. The van der Waals surface area contributed by atoms with Crippen LogP contribution in [0, 0.1) is 11.8 Å². The smallest absolute Gasteiger partial charge is 0.177 e. The molecule has 4 nitrogen and oxygen atoms in total.